The zero-order valence-electron chi connectivity index (χ0n) is 16.3. The number of likely N-dealkylation sites (tertiary alicyclic amines) is 1. The van der Waals surface area contributed by atoms with Crippen LogP contribution in [0.5, 0.6) is 5.75 Å². The van der Waals surface area contributed by atoms with E-state index in [9.17, 15) is 9.59 Å². The number of benzene rings is 1. The lowest BCUT2D eigenvalue weighted by atomic mass is 9.98. The third kappa shape index (κ3) is 6.45. The maximum Gasteiger partial charge on any atom is 0.220 e. The van der Waals surface area contributed by atoms with Crippen LogP contribution in [-0.4, -0.2) is 48.4 Å². The molecule has 1 amide bonds. The molecule has 144 valence electrons. The van der Waals surface area contributed by atoms with Crippen molar-refractivity contribution in [1.82, 2.24) is 10.2 Å². The van der Waals surface area contributed by atoms with Crippen LogP contribution in [0.3, 0.4) is 0 Å². The molecule has 0 bridgehead atoms. The number of rotatable bonds is 9. The van der Waals surface area contributed by atoms with Crippen LogP contribution >= 0.6 is 0 Å². The van der Waals surface area contributed by atoms with Crippen molar-refractivity contribution < 1.29 is 14.3 Å². The lowest BCUT2D eigenvalue weighted by Crippen LogP contribution is -2.53. The molecule has 1 fully saturated rings. The highest BCUT2D eigenvalue weighted by atomic mass is 16.5. The first-order valence-corrected chi connectivity index (χ1v) is 9.64. The lowest BCUT2D eigenvalue weighted by Gasteiger charge is -2.41. The Morgan fingerprint density at radius 2 is 1.77 bits per heavy atom. The number of hydrogen-bond acceptors (Lipinski definition) is 4. The van der Waals surface area contributed by atoms with Crippen LogP contribution in [0.25, 0.3) is 0 Å². The number of ketones is 1. The molecule has 0 saturated carbocycles. The van der Waals surface area contributed by atoms with Gasteiger partial charge in [0.2, 0.25) is 5.91 Å². The molecule has 1 aliphatic rings. The summed E-state index contributed by atoms with van der Waals surface area (Å²) in [6.07, 6.45) is 4.95. The molecule has 2 rings (SSSR count). The highest BCUT2D eigenvalue weighted by molar-refractivity contribution is 5.94. The molecule has 1 aromatic rings. The number of ether oxygens (including phenoxy) is 1. The second kappa shape index (κ2) is 9.72. The number of nitrogens with one attached hydrogen (secondary N) is 1. The minimum absolute atomic E-state index is 0.00500. The van der Waals surface area contributed by atoms with Gasteiger partial charge in [0.1, 0.15) is 5.75 Å². The fourth-order valence-corrected chi connectivity index (χ4v) is 3.22. The molecule has 0 aromatic heterocycles. The van der Waals surface area contributed by atoms with Crippen molar-refractivity contribution in [3.8, 4) is 5.75 Å². The van der Waals surface area contributed by atoms with E-state index in [0.717, 1.165) is 18.8 Å². The Kier molecular flexibility index (Phi) is 7.64. The van der Waals surface area contributed by atoms with Crippen LogP contribution in [0.2, 0.25) is 0 Å². The molecule has 1 saturated heterocycles. The lowest BCUT2D eigenvalue weighted by molar-refractivity contribution is -0.122. The largest absolute Gasteiger partial charge is 0.494 e. The quantitative estimate of drug-likeness (QED) is 0.541. The first-order chi connectivity index (χ1) is 12.4. The topological polar surface area (TPSA) is 58.6 Å². The van der Waals surface area contributed by atoms with Crippen LogP contribution in [-0.2, 0) is 4.79 Å². The van der Waals surface area contributed by atoms with Crippen molar-refractivity contribution in [2.75, 3.05) is 26.2 Å². The number of amides is 1. The van der Waals surface area contributed by atoms with E-state index in [1.165, 1.54) is 19.3 Å². The van der Waals surface area contributed by atoms with Crippen LogP contribution in [0.15, 0.2) is 24.3 Å². The SMILES string of the molecule is CC(=O)c1ccc(OCCCC(=O)NCC(C)(C)N2CCCCC2)cc1. The second-order valence-electron chi connectivity index (χ2n) is 7.67. The number of hydrogen-bond donors (Lipinski definition) is 1. The Morgan fingerprint density at radius 3 is 2.38 bits per heavy atom. The maximum absolute atomic E-state index is 12.1. The van der Waals surface area contributed by atoms with Crippen molar-refractivity contribution in [3.63, 3.8) is 0 Å². The van der Waals surface area contributed by atoms with Crippen LogP contribution in [0.1, 0.15) is 63.2 Å². The van der Waals surface area contributed by atoms with Gasteiger partial charge in [-0.15, -0.1) is 0 Å². The van der Waals surface area contributed by atoms with Crippen molar-refractivity contribution in [2.24, 2.45) is 0 Å². The van der Waals surface area contributed by atoms with E-state index >= 15 is 0 Å². The van der Waals surface area contributed by atoms with E-state index in [2.05, 4.69) is 24.1 Å². The predicted octanol–water partition coefficient (Wildman–Crippen LogP) is 3.43. The van der Waals surface area contributed by atoms with Crippen LogP contribution in [0.4, 0.5) is 0 Å². The van der Waals surface area contributed by atoms with Gasteiger partial charge in [-0.2, -0.15) is 0 Å². The van der Waals surface area contributed by atoms with Crippen LogP contribution < -0.4 is 10.1 Å². The normalized spacial score (nSPS) is 15.5. The minimum atomic E-state index is 0.00500. The van der Waals surface area contributed by atoms with Gasteiger partial charge < -0.3 is 10.1 Å². The smallest absolute Gasteiger partial charge is 0.220 e. The van der Waals surface area contributed by atoms with Gasteiger partial charge in [0.05, 0.1) is 6.61 Å². The second-order valence-corrected chi connectivity index (χ2v) is 7.67. The summed E-state index contributed by atoms with van der Waals surface area (Å²) in [6.45, 7) is 9.36. The van der Waals surface area contributed by atoms with E-state index in [0.29, 0.717) is 31.6 Å². The van der Waals surface area contributed by atoms with Crippen LogP contribution in [0, 0.1) is 0 Å². The first kappa shape index (κ1) is 20.4. The third-order valence-corrected chi connectivity index (χ3v) is 5.01. The van der Waals surface area contributed by atoms with E-state index in [1.807, 2.05) is 0 Å². The number of nitrogens with zero attached hydrogens (tertiary/aromatic N) is 1. The molecule has 5 heteroatoms. The highest BCUT2D eigenvalue weighted by Crippen LogP contribution is 2.20. The van der Waals surface area contributed by atoms with Gasteiger partial charge in [-0.3, -0.25) is 14.5 Å². The van der Waals surface area contributed by atoms with Crippen molar-refractivity contribution >= 4 is 11.7 Å². The molecule has 1 heterocycles. The number of piperidine rings is 1. The van der Waals surface area contributed by atoms with E-state index in [-0.39, 0.29) is 17.2 Å². The van der Waals surface area contributed by atoms with E-state index < -0.39 is 0 Å². The zero-order valence-corrected chi connectivity index (χ0v) is 16.3. The van der Waals surface area contributed by atoms with Crippen molar-refractivity contribution in [2.45, 2.75) is 58.4 Å². The molecule has 1 aromatic carbocycles. The monoisotopic (exact) mass is 360 g/mol. The molecule has 5 nitrogen and oxygen atoms in total. The van der Waals surface area contributed by atoms with E-state index in [4.69, 9.17) is 4.74 Å². The Balaban J connectivity index is 1.63. The Hall–Kier alpha value is -1.88. The summed E-state index contributed by atoms with van der Waals surface area (Å²) in [7, 11) is 0. The summed E-state index contributed by atoms with van der Waals surface area (Å²) >= 11 is 0. The predicted molar refractivity (Wildman–Crippen MR) is 104 cm³/mol. The summed E-state index contributed by atoms with van der Waals surface area (Å²) in [5, 5.41) is 3.07. The standard InChI is InChI=1S/C21H32N2O3/c1-17(24)18-9-11-19(12-10-18)26-15-7-8-20(25)22-16-21(2,3)23-13-5-4-6-14-23/h9-12H,4-8,13-16H2,1-3H3,(H,22,25). The molecule has 0 aliphatic carbocycles. The molecule has 0 radical (unpaired) electrons. The average molecular weight is 360 g/mol. The number of carbonyl (C=O) groups excluding carboxylic acids is 2. The minimum Gasteiger partial charge on any atom is -0.494 e. The van der Waals surface area contributed by atoms with Gasteiger partial charge in [-0.1, -0.05) is 6.42 Å². The van der Waals surface area contributed by atoms with Gasteiger partial charge in [0.25, 0.3) is 0 Å². The molecule has 0 atom stereocenters. The van der Waals surface area contributed by atoms with E-state index in [1.54, 1.807) is 31.2 Å². The molecule has 0 unspecified atom stereocenters. The number of carbonyl (C=O) groups is 2. The summed E-state index contributed by atoms with van der Waals surface area (Å²) in [4.78, 5) is 25.8. The summed E-state index contributed by atoms with van der Waals surface area (Å²) in [5.41, 5.74) is 0.679. The first-order valence-electron chi connectivity index (χ1n) is 9.64. The molecule has 26 heavy (non-hydrogen) atoms. The molecule has 0 spiro atoms. The van der Waals surface area contributed by atoms with Gasteiger partial charge in [-0.25, -0.2) is 0 Å². The van der Waals surface area contributed by atoms with Gasteiger partial charge >= 0.3 is 0 Å². The van der Waals surface area contributed by atoms with Crippen molar-refractivity contribution in [3.05, 3.63) is 29.8 Å². The fraction of sp³-hybridized carbons (Fsp3) is 0.619. The average Bonchev–Trinajstić information content (AvgIpc) is 2.65. The summed E-state index contributed by atoms with van der Waals surface area (Å²) < 4.78 is 5.63. The zero-order chi connectivity index (χ0) is 19.0. The molecular weight excluding hydrogens is 328 g/mol. The summed E-state index contributed by atoms with van der Waals surface area (Å²) in [6, 6.07) is 7.09. The number of Topliss-reactive ketones (excluding diaryl/α,β-unsaturated/α-hetero) is 1. The Bertz CT molecular complexity index is 590. The highest BCUT2D eigenvalue weighted by Gasteiger charge is 2.28. The summed E-state index contributed by atoms with van der Waals surface area (Å²) in [5.74, 6) is 0.841. The Labute approximate surface area is 157 Å². The molecule has 1 N–H and O–H groups in total. The van der Waals surface area contributed by atoms with Gasteiger partial charge in [-0.05, 0) is 77.4 Å². The third-order valence-electron chi connectivity index (χ3n) is 5.01. The van der Waals surface area contributed by atoms with Gasteiger partial charge in [0.15, 0.2) is 5.78 Å². The fourth-order valence-electron chi connectivity index (χ4n) is 3.22. The molecule has 1 aliphatic heterocycles. The molecular formula is C21H32N2O3. The maximum atomic E-state index is 12.1. The van der Waals surface area contributed by atoms with Gasteiger partial charge in [0, 0.05) is 24.1 Å². The Morgan fingerprint density at radius 1 is 1.12 bits per heavy atom. The van der Waals surface area contributed by atoms with Crippen molar-refractivity contribution in [1.29, 1.82) is 0 Å².